The maximum absolute atomic E-state index is 13.0. The number of hydrogen-bond acceptors (Lipinski definition) is 4. The van der Waals surface area contributed by atoms with Crippen LogP contribution in [0.1, 0.15) is 41.6 Å². The summed E-state index contributed by atoms with van der Waals surface area (Å²) in [5, 5.41) is 6.98. The third-order valence-corrected chi connectivity index (χ3v) is 6.87. The second-order valence-corrected chi connectivity index (χ2v) is 9.17. The number of nitrogens with zero attached hydrogens (tertiary/aromatic N) is 2. The summed E-state index contributed by atoms with van der Waals surface area (Å²) in [6.45, 7) is 2.01. The number of fused-ring (bicyclic) bond motifs is 3. The van der Waals surface area contributed by atoms with Crippen molar-refractivity contribution in [1.82, 2.24) is 9.47 Å². The standard InChI is InChI=1S/C27H30N4O4/c1-35-15-14-30-17-18(20-7-2-3-8-23(20)30)6-4-10-25(32)28-19-11-12-22-21(16-19)27(34)31-13-5-9-24(31)26(33)29-22/h2-3,7-8,11-12,16-17,24H,4-6,9-10,13-15H2,1H3,(H,28,32)(H,29,33)/t24-/m0/s1. The van der Waals surface area contributed by atoms with Gasteiger partial charge in [-0.15, -0.1) is 0 Å². The first-order valence-corrected chi connectivity index (χ1v) is 12.2. The molecule has 5 rings (SSSR count). The summed E-state index contributed by atoms with van der Waals surface area (Å²) in [4.78, 5) is 39.8. The summed E-state index contributed by atoms with van der Waals surface area (Å²) in [6.07, 6.45) is 5.52. The van der Waals surface area contributed by atoms with E-state index in [9.17, 15) is 14.4 Å². The van der Waals surface area contributed by atoms with Crippen LogP contribution in [0.3, 0.4) is 0 Å². The number of anilines is 2. The average Bonchev–Trinajstić information content (AvgIpc) is 3.47. The van der Waals surface area contributed by atoms with Gasteiger partial charge in [0.25, 0.3) is 5.91 Å². The number of amides is 3. The molecule has 1 saturated heterocycles. The van der Waals surface area contributed by atoms with Crippen molar-refractivity contribution < 1.29 is 19.1 Å². The van der Waals surface area contributed by atoms with E-state index in [1.165, 1.54) is 16.5 Å². The zero-order valence-corrected chi connectivity index (χ0v) is 19.9. The van der Waals surface area contributed by atoms with Crippen molar-refractivity contribution in [3.05, 3.63) is 59.8 Å². The van der Waals surface area contributed by atoms with Gasteiger partial charge in [-0.25, -0.2) is 0 Å². The molecule has 2 aromatic carbocycles. The highest BCUT2D eigenvalue weighted by Gasteiger charge is 2.38. The molecule has 2 N–H and O–H groups in total. The SMILES string of the molecule is COCCn1cc(CCCC(=O)Nc2ccc3c(c2)C(=O)N2CCC[C@H]2C(=O)N3)c2ccccc21. The number of aryl methyl sites for hydroxylation is 1. The number of para-hydroxylation sites is 1. The van der Waals surface area contributed by atoms with Crippen LogP contribution >= 0.6 is 0 Å². The molecular formula is C27H30N4O4. The van der Waals surface area contributed by atoms with E-state index in [0.717, 1.165) is 19.4 Å². The van der Waals surface area contributed by atoms with Crippen molar-refractivity contribution in [2.75, 3.05) is 30.9 Å². The van der Waals surface area contributed by atoms with Gasteiger partial charge in [0.15, 0.2) is 0 Å². The maximum Gasteiger partial charge on any atom is 0.256 e. The second-order valence-electron chi connectivity index (χ2n) is 9.17. The van der Waals surface area contributed by atoms with Gasteiger partial charge in [0.1, 0.15) is 6.04 Å². The smallest absolute Gasteiger partial charge is 0.256 e. The topological polar surface area (TPSA) is 92.7 Å². The van der Waals surface area contributed by atoms with Gasteiger partial charge < -0.3 is 24.8 Å². The highest BCUT2D eigenvalue weighted by atomic mass is 16.5. The summed E-state index contributed by atoms with van der Waals surface area (Å²) in [6, 6.07) is 13.0. The normalized spacial score (nSPS) is 17.2. The fraction of sp³-hybridized carbons (Fsp3) is 0.370. The Hall–Kier alpha value is -3.65. The van der Waals surface area contributed by atoms with Crippen LogP contribution in [0.4, 0.5) is 11.4 Å². The molecule has 35 heavy (non-hydrogen) atoms. The Morgan fingerprint density at radius 2 is 2.06 bits per heavy atom. The van der Waals surface area contributed by atoms with Crippen LogP contribution in [0, 0.1) is 0 Å². The Labute approximate surface area is 204 Å². The highest BCUT2D eigenvalue weighted by Crippen LogP contribution is 2.30. The van der Waals surface area contributed by atoms with Gasteiger partial charge in [-0.3, -0.25) is 14.4 Å². The molecule has 8 nitrogen and oxygen atoms in total. The average molecular weight is 475 g/mol. The van der Waals surface area contributed by atoms with E-state index >= 15 is 0 Å². The van der Waals surface area contributed by atoms with Gasteiger partial charge in [-0.05, 0) is 55.5 Å². The van der Waals surface area contributed by atoms with E-state index in [1.54, 1.807) is 30.2 Å². The third kappa shape index (κ3) is 4.66. The molecule has 0 radical (unpaired) electrons. The fourth-order valence-corrected chi connectivity index (χ4v) is 5.12. The minimum Gasteiger partial charge on any atom is -0.383 e. The second kappa shape index (κ2) is 9.92. The van der Waals surface area contributed by atoms with Crippen LogP contribution in [0.2, 0.25) is 0 Å². The molecule has 0 spiro atoms. The van der Waals surface area contributed by atoms with Gasteiger partial charge in [0.2, 0.25) is 11.8 Å². The Morgan fingerprint density at radius 3 is 2.91 bits per heavy atom. The highest BCUT2D eigenvalue weighted by molar-refractivity contribution is 6.11. The quantitative estimate of drug-likeness (QED) is 0.519. The van der Waals surface area contributed by atoms with Crippen LogP contribution < -0.4 is 10.6 Å². The van der Waals surface area contributed by atoms with E-state index in [1.807, 2.05) is 12.1 Å². The molecule has 3 heterocycles. The number of hydrogen-bond donors (Lipinski definition) is 2. The van der Waals surface area contributed by atoms with Gasteiger partial charge in [-0.1, -0.05) is 18.2 Å². The molecule has 0 saturated carbocycles. The predicted octanol–water partition coefficient (Wildman–Crippen LogP) is 3.81. The summed E-state index contributed by atoms with van der Waals surface area (Å²) < 4.78 is 7.43. The van der Waals surface area contributed by atoms with Crippen LogP contribution in [-0.2, 0) is 27.3 Å². The molecule has 8 heteroatoms. The Bertz CT molecular complexity index is 1280. The largest absolute Gasteiger partial charge is 0.383 e. The van der Waals surface area contributed by atoms with Gasteiger partial charge in [0.05, 0.1) is 17.9 Å². The lowest BCUT2D eigenvalue weighted by molar-refractivity contribution is -0.119. The Morgan fingerprint density at radius 1 is 1.20 bits per heavy atom. The number of carbonyl (C=O) groups excluding carboxylic acids is 3. The summed E-state index contributed by atoms with van der Waals surface area (Å²) >= 11 is 0. The molecule has 0 unspecified atom stereocenters. The maximum atomic E-state index is 13.0. The number of aromatic nitrogens is 1. The first-order chi connectivity index (χ1) is 17.0. The number of methoxy groups -OCH3 is 1. The number of ether oxygens (including phenoxy) is 1. The number of nitrogens with one attached hydrogen (secondary N) is 2. The van der Waals surface area contributed by atoms with E-state index in [2.05, 4.69) is 33.5 Å². The third-order valence-electron chi connectivity index (χ3n) is 6.87. The van der Waals surface area contributed by atoms with Crippen molar-refractivity contribution in [3.63, 3.8) is 0 Å². The van der Waals surface area contributed by atoms with E-state index < -0.39 is 6.04 Å². The predicted molar refractivity (Wildman–Crippen MR) is 135 cm³/mol. The van der Waals surface area contributed by atoms with Gasteiger partial charge in [-0.2, -0.15) is 0 Å². The van der Waals surface area contributed by atoms with E-state index in [4.69, 9.17) is 4.74 Å². The molecule has 2 aliphatic heterocycles. The minimum atomic E-state index is -0.409. The lowest BCUT2D eigenvalue weighted by Gasteiger charge is -2.20. The van der Waals surface area contributed by atoms with Crippen molar-refractivity contribution in [2.45, 2.75) is 44.7 Å². The van der Waals surface area contributed by atoms with Crippen LogP contribution in [0.25, 0.3) is 10.9 Å². The molecule has 2 aliphatic rings. The van der Waals surface area contributed by atoms with Gasteiger partial charge in [0, 0.05) is 49.4 Å². The zero-order valence-electron chi connectivity index (χ0n) is 19.9. The molecule has 0 aliphatic carbocycles. The van der Waals surface area contributed by atoms with Crippen molar-refractivity contribution >= 4 is 40.0 Å². The lowest BCUT2D eigenvalue weighted by Crippen LogP contribution is -2.40. The Balaban J connectivity index is 1.22. The van der Waals surface area contributed by atoms with Crippen LogP contribution in [0.5, 0.6) is 0 Å². The molecular weight excluding hydrogens is 444 g/mol. The van der Waals surface area contributed by atoms with Crippen LogP contribution in [-0.4, -0.2) is 53.5 Å². The first-order valence-electron chi connectivity index (χ1n) is 12.2. The summed E-state index contributed by atoms with van der Waals surface area (Å²) in [5.41, 5.74) is 3.87. The molecule has 0 bridgehead atoms. The van der Waals surface area contributed by atoms with Crippen molar-refractivity contribution in [2.24, 2.45) is 0 Å². The molecule has 1 aromatic heterocycles. The monoisotopic (exact) mass is 474 g/mol. The molecule has 1 atom stereocenters. The lowest BCUT2D eigenvalue weighted by atomic mass is 10.1. The minimum absolute atomic E-state index is 0.0998. The van der Waals surface area contributed by atoms with E-state index in [-0.39, 0.29) is 17.7 Å². The Kier molecular flexibility index (Phi) is 6.55. The molecule has 1 fully saturated rings. The summed E-state index contributed by atoms with van der Waals surface area (Å²) in [5.74, 6) is -0.408. The number of benzene rings is 2. The van der Waals surface area contributed by atoms with Crippen LogP contribution in [0.15, 0.2) is 48.7 Å². The fourth-order valence-electron chi connectivity index (χ4n) is 5.12. The summed E-state index contributed by atoms with van der Waals surface area (Å²) in [7, 11) is 1.70. The molecule has 182 valence electrons. The van der Waals surface area contributed by atoms with Gasteiger partial charge >= 0.3 is 0 Å². The van der Waals surface area contributed by atoms with Crippen molar-refractivity contribution in [1.29, 1.82) is 0 Å². The number of rotatable bonds is 8. The molecule has 3 amide bonds. The van der Waals surface area contributed by atoms with E-state index in [0.29, 0.717) is 49.4 Å². The number of carbonyl (C=O) groups is 3. The molecule has 3 aromatic rings. The van der Waals surface area contributed by atoms with Crippen molar-refractivity contribution in [3.8, 4) is 0 Å². The first kappa shape index (κ1) is 23.1. The zero-order chi connectivity index (χ0) is 24.4.